The number of carbonyl (C=O) groups excluding carboxylic acids is 2. The van der Waals surface area contributed by atoms with Crippen molar-refractivity contribution in [2.24, 2.45) is 5.92 Å². The molecule has 1 fully saturated rings. The van der Waals surface area contributed by atoms with Gasteiger partial charge >= 0.3 is 0 Å². The number of nitrogens with one attached hydrogen (secondary N) is 1. The predicted octanol–water partition coefficient (Wildman–Crippen LogP) is 2.98. The van der Waals surface area contributed by atoms with Crippen LogP contribution in [0.2, 0.25) is 0 Å². The third-order valence-electron chi connectivity index (χ3n) is 3.32. The minimum atomic E-state index is -0.171. The number of para-hydroxylation sites is 1. The second-order valence-corrected chi connectivity index (χ2v) is 8.84. The standard InChI is InChI=1S/C15H17N3O2S3/c1-9(2)14-18(13(20)8-21-14)17-12(19)7-22-15-16-10-5-3-4-6-11(10)23-15/h3-6,9,14H,7-8H2,1-2H3,(H,17,19). The molecule has 2 aromatic rings. The Balaban J connectivity index is 1.58. The smallest absolute Gasteiger partial charge is 0.252 e. The van der Waals surface area contributed by atoms with E-state index in [9.17, 15) is 9.59 Å². The van der Waals surface area contributed by atoms with Crippen molar-refractivity contribution in [3.05, 3.63) is 24.3 Å². The molecule has 1 aromatic carbocycles. The third-order valence-corrected chi connectivity index (χ3v) is 7.01. The lowest BCUT2D eigenvalue weighted by atomic mass is 10.2. The van der Waals surface area contributed by atoms with Gasteiger partial charge in [-0.15, -0.1) is 23.1 Å². The zero-order valence-electron chi connectivity index (χ0n) is 12.8. The zero-order chi connectivity index (χ0) is 16.4. The van der Waals surface area contributed by atoms with E-state index in [0.29, 0.717) is 11.7 Å². The van der Waals surface area contributed by atoms with Crippen LogP contribution in [0.25, 0.3) is 10.2 Å². The summed E-state index contributed by atoms with van der Waals surface area (Å²) in [5.41, 5.74) is 3.69. The molecule has 1 N–H and O–H groups in total. The number of rotatable bonds is 5. The molecule has 0 aliphatic carbocycles. The molecule has 1 aliphatic rings. The van der Waals surface area contributed by atoms with E-state index in [4.69, 9.17) is 0 Å². The van der Waals surface area contributed by atoms with Gasteiger partial charge in [-0.2, -0.15) is 0 Å². The number of nitrogens with zero attached hydrogens (tertiary/aromatic N) is 2. The highest BCUT2D eigenvalue weighted by Gasteiger charge is 2.34. The van der Waals surface area contributed by atoms with Crippen LogP contribution in [0.4, 0.5) is 0 Å². The molecule has 1 aromatic heterocycles. The Morgan fingerprint density at radius 1 is 1.48 bits per heavy atom. The van der Waals surface area contributed by atoms with Gasteiger partial charge in [0.05, 0.1) is 21.7 Å². The zero-order valence-corrected chi connectivity index (χ0v) is 15.3. The van der Waals surface area contributed by atoms with Crippen LogP contribution in [0.5, 0.6) is 0 Å². The van der Waals surface area contributed by atoms with E-state index in [-0.39, 0.29) is 22.9 Å². The summed E-state index contributed by atoms with van der Waals surface area (Å²) in [5, 5.41) is 1.50. The van der Waals surface area contributed by atoms with Crippen LogP contribution < -0.4 is 5.43 Å². The second-order valence-electron chi connectivity index (χ2n) is 5.48. The average Bonchev–Trinajstić information content (AvgIpc) is 3.09. The maximum absolute atomic E-state index is 12.1. The molecule has 0 radical (unpaired) electrons. The number of benzene rings is 1. The number of aromatic nitrogens is 1. The number of fused-ring (bicyclic) bond motifs is 1. The van der Waals surface area contributed by atoms with Crippen molar-refractivity contribution >= 4 is 56.9 Å². The Morgan fingerprint density at radius 3 is 3.00 bits per heavy atom. The molecular weight excluding hydrogens is 350 g/mol. The minimum Gasteiger partial charge on any atom is -0.272 e. The molecule has 2 heterocycles. The van der Waals surface area contributed by atoms with Crippen molar-refractivity contribution in [2.75, 3.05) is 11.5 Å². The van der Waals surface area contributed by atoms with E-state index in [0.717, 1.165) is 14.6 Å². The highest BCUT2D eigenvalue weighted by atomic mass is 32.2. The highest BCUT2D eigenvalue weighted by Crippen LogP contribution is 2.30. The number of amides is 2. The van der Waals surface area contributed by atoms with Gasteiger partial charge in [0.1, 0.15) is 5.37 Å². The van der Waals surface area contributed by atoms with Crippen molar-refractivity contribution in [3.8, 4) is 0 Å². The molecule has 8 heteroatoms. The normalized spacial score (nSPS) is 18.1. The fourth-order valence-corrected chi connectivity index (χ4v) is 5.28. The first-order chi connectivity index (χ1) is 11.0. The number of hydrazine groups is 1. The van der Waals surface area contributed by atoms with Crippen LogP contribution in [0.1, 0.15) is 13.8 Å². The van der Waals surface area contributed by atoms with E-state index in [1.807, 2.05) is 38.1 Å². The maximum Gasteiger partial charge on any atom is 0.252 e. The van der Waals surface area contributed by atoms with E-state index in [1.54, 1.807) is 23.1 Å². The van der Waals surface area contributed by atoms with Gasteiger partial charge < -0.3 is 0 Å². The molecular formula is C15H17N3O2S3. The monoisotopic (exact) mass is 367 g/mol. The van der Waals surface area contributed by atoms with Gasteiger partial charge in [-0.1, -0.05) is 37.7 Å². The van der Waals surface area contributed by atoms with Gasteiger partial charge in [0.15, 0.2) is 4.34 Å². The molecule has 1 unspecified atom stereocenters. The van der Waals surface area contributed by atoms with Gasteiger partial charge in [0.2, 0.25) is 5.91 Å². The molecule has 23 heavy (non-hydrogen) atoms. The van der Waals surface area contributed by atoms with Gasteiger partial charge in [0.25, 0.3) is 5.91 Å². The second kappa shape index (κ2) is 7.11. The highest BCUT2D eigenvalue weighted by molar-refractivity contribution is 8.01. The Morgan fingerprint density at radius 2 is 2.26 bits per heavy atom. The molecule has 1 saturated heterocycles. The SMILES string of the molecule is CC(C)C1SCC(=O)N1NC(=O)CSc1nc2ccccc2s1. The van der Waals surface area contributed by atoms with Crippen molar-refractivity contribution in [1.82, 2.24) is 15.4 Å². The Hall–Kier alpha value is -1.25. The van der Waals surface area contributed by atoms with Crippen LogP contribution in [0.15, 0.2) is 28.6 Å². The predicted molar refractivity (Wildman–Crippen MR) is 96.4 cm³/mol. The number of carbonyl (C=O) groups is 2. The van der Waals surface area contributed by atoms with Crippen LogP contribution >= 0.6 is 34.9 Å². The van der Waals surface area contributed by atoms with Crippen molar-refractivity contribution < 1.29 is 9.59 Å². The third kappa shape index (κ3) is 3.81. The summed E-state index contributed by atoms with van der Waals surface area (Å²) in [6.45, 7) is 4.09. The lowest BCUT2D eigenvalue weighted by molar-refractivity contribution is -0.138. The number of hydrogen-bond donors (Lipinski definition) is 1. The lowest BCUT2D eigenvalue weighted by Crippen LogP contribution is -2.49. The van der Waals surface area contributed by atoms with Gasteiger partial charge in [-0.3, -0.25) is 15.0 Å². The summed E-state index contributed by atoms with van der Waals surface area (Å²) in [6, 6.07) is 7.91. The van der Waals surface area contributed by atoms with Gasteiger partial charge in [-0.05, 0) is 18.1 Å². The number of thiazole rings is 1. The fraction of sp³-hybridized carbons (Fsp3) is 0.400. The van der Waals surface area contributed by atoms with Gasteiger partial charge in [0, 0.05) is 0 Å². The molecule has 0 bridgehead atoms. The summed E-state index contributed by atoms with van der Waals surface area (Å²) >= 11 is 4.54. The summed E-state index contributed by atoms with van der Waals surface area (Å²) in [6.07, 6.45) is 0. The summed E-state index contributed by atoms with van der Waals surface area (Å²) in [5.74, 6) is 0.763. The van der Waals surface area contributed by atoms with Crippen LogP contribution in [-0.4, -0.2) is 38.7 Å². The first kappa shape index (κ1) is 16.6. The molecule has 0 saturated carbocycles. The largest absolute Gasteiger partial charge is 0.272 e. The van der Waals surface area contributed by atoms with Crippen LogP contribution in [0.3, 0.4) is 0 Å². The molecule has 122 valence electrons. The van der Waals surface area contributed by atoms with E-state index in [2.05, 4.69) is 10.4 Å². The van der Waals surface area contributed by atoms with Crippen LogP contribution in [0, 0.1) is 5.92 Å². The Bertz CT molecular complexity index is 699. The first-order valence-corrected chi connectivity index (χ1v) is 10.1. The number of thioether (sulfide) groups is 2. The van der Waals surface area contributed by atoms with E-state index in [1.165, 1.54) is 16.8 Å². The lowest BCUT2D eigenvalue weighted by Gasteiger charge is -2.26. The minimum absolute atomic E-state index is 0.0129. The maximum atomic E-state index is 12.1. The Kier molecular flexibility index (Phi) is 5.13. The molecule has 1 aliphatic heterocycles. The number of hydrogen-bond acceptors (Lipinski definition) is 6. The quantitative estimate of drug-likeness (QED) is 0.823. The Labute approximate surface area is 147 Å². The average molecular weight is 368 g/mol. The fourth-order valence-electron chi connectivity index (χ4n) is 2.27. The van der Waals surface area contributed by atoms with Gasteiger partial charge in [-0.25, -0.2) is 9.99 Å². The first-order valence-electron chi connectivity index (χ1n) is 7.26. The van der Waals surface area contributed by atoms with E-state index >= 15 is 0 Å². The van der Waals surface area contributed by atoms with Crippen LogP contribution in [-0.2, 0) is 9.59 Å². The van der Waals surface area contributed by atoms with Crippen molar-refractivity contribution in [2.45, 2.75) is 23.6 Å². The summed E-state index contributed by atoms with van der Waals surface area (Å²) < 4.78 is 1.98. The van der Waals surface area contributed by atoms with Crippen molar-refractivity contribution in [3.63, 3.8) is 0 Å². The summed E-state index contributed by atoms with van der Waals surface area (Å²) in [7, 11) is 0. The van der Waals surface area contributed by atoms with E-state index < -0.39 is 0 Å². The molecule has 3 rings (SSSR count). The topological polar surface area (TPSA) is 62.3 Å². The molecule has 5 nitrogen and oxygen atoms in total. The van der Waals surface area contributed by atoms with Crippen molar-refractivity contribution in [1.29, 1.82) is 0 Å². The molecule has 2 amide bonds. The molecule has 0 spiro atoms. The summed E-state index contributed by atoms with van der Waals surface area (Å²) in [4.78, 5) is 28.5. The molecule has 1 atom stereocenters.